The number of ether oxygens (including phenoxy) is 2. The summed E-state index contributed by atoms with van der Waals surface area (Å²) in [7, 11) is 2.69. The number of methoxy groups -OCH3 is 2. The lowest BCUT2D eigenvalue weighted by Gasteiger charge is -2.11. The van der Waals surface area contributed by atoms with Crippen LogP contribution in [-0.4, -0.2) is 14.2 Å². The maximum Gasteiger partial charge on any atom is 0.198 e. The molecule has 1 aromatic rings. The maximum absolute atomic E-state index is 13.1. The second kappa shape index (κ2) is 3.70. The quantitative estimate of drug-likeness (QED) is 0.752. The van der Waals surface area contributed by atoms with Crippen LogP contribution in [-0.2, 0) is 0 Å². The van der Waals surface area contributed by atoms with Crippen LogP contribution in [0.1, 0.15) is 0 Å². The molecule has 0 radical (unpaired) electrons. The topological polar surface area (TPSA) is 44.5 Å². The second-order valence-electron chi connectivity index (χ2n) is 2.33. The van der Waals surface area contributed by atoms with E-state index in [1.54, 1.807) is 0 Å². The maximum atomic E-state index is 13.1. The number of benzene rings is 1. The van der Waals surface area contributed by atoms with Crippen LogP contribution in [0.25, 0.3) is 0 Å². The van der Waals surface area contributed by atoms with E-state index in [0.717, 1.165) is 6.07 Å². The summed E-state index contributed by atoms with van der Waals surface area (Å²) in [4.78, 5) is 0. The molecule has 0 amide bonds. The summed E-state index contributed by atoms with van der Waals surface area (Å²) in [5, 5.41) is 0.153. The zero-order chi connectivity index (χ0) is 10.0. The smallest absolute Gasteiger partial charge is 0.198 e. The molecule has 0 bridgehead atoms. The predicted molar refractivity (Wildman–Crippen MR) is 48.9 cm³/mol. The molecule has 0 atom stereocenters. The molecule has 5 heteroatoms. The summed E-state index contributed by atoms with van der Waals surface area (Å²) in [6.07, 6.45) is 0. The molecule has 72 valence electrons. The first-order valence-corrected chi connectivity index (χ1v) is 3.85. The van der Waals surface area contributed by atoms with Crippen molar-refractivity contribution in [1.29, 1.82) is 0 Å². The van der Waals surface area contributed by atoms with Gasteiger partial charge in [-0.3, -0.25) is 0 Å². The summed E-state index contributed by atoms with van der Waals surface area (Å²) >= 11 is 5.75. The van der Waals surface area contributed by atoms with Crippen LogP contribution in [0.3, 0.4) is 0 Å². The molecule has 3 nitrogen and oxygen atoms in total. The Balaban J connectivity index is 3.41. The highest BCUT2D eigenvalue weighted by molar-refractivity contribution is 6.34. The standard InChI is InChI=1S/C8H9ClFNO2/c1-12-7-4(10)3-5(11)6(9)8(7)13-2/h3H,11H2,1-2H3. The van der Waals surface area contributed by atoms with E-state index in [0.29, 0.717) is 0 Å². The van der Waals surface area contributed by atoms with Crippen molar-refractivity contribution in [2.45, 2.75) is 0 Å². The van der Waals surface area contributed by atoms with E-state index in [1.807, 2.05) is 0 Å². The lowest BCUT2D eigenvalue weighted by atomic mass is 10.2. The Morgan fingerprint density at radius 2 is 1.85 bits per heavy atom. The molecule has 0 aliphatic rings. The Hall–Kier alpha value is -1.16. The van der Waals surface area contributed by atoms with Gasteiger partial charge in [0.2, 0.25) is 0 Å². The molecule has 0 saturated heterocycles. The lowest BCUT2D eigenvalue weighted by Crippen LogP contribution is -1.98. The van der Waals surface area contributed by atoms with Gasteiger partial charge in [0.1, 0.15) is 5.02 Å². The van der Waals surface area contributed by atoms with Crippen LogP contribution in [0.2, 0.25) is 5.02 Å². The number of rotatable bonds is 2. The van der Waals surface area contributed by atoms with Crippen molar-refractivity contribution < 1.29 is 13.9 Å². The highest BCUT2D eigenvalue weighted by Crippen LogP contribution is 2.40. The van der Waals surface area contributed by atoms with Gasteiger partial charge in [0.25, 0.3) is 0 Å². The van der Waals surface area contributed by atoms with Gasteiger partial charge in [-0.05, 0) is 0 Å². The molecule has 0 fully saturated rings. The number of nitrogen functional groups attached to an aromatic ring is 1. The summed E-state index contributed by atoms with van der Waals surface area (Å²) in [6, 6.07) is 1.09. The first kappa shape index (κ1) is 9.92. The monoisotopic (exact) mass is 205 g/mol. The van der Waals surface area contributed by atoms with E-state index < -0.39 is 5.82 Å². The number of nitrogens with two attached hydrogens (primary N) is 1. The summed E-state index contributed by atoms with van der Waals surface area (Å²) in [5.74, 6) is -0.524. The Bertz CT molecular complexity index is 330. The number of hydrogen-bond acceptors (Lipinski definition) is 3. The molecule has 0 heterocycles. The van der Waals surface area contributed by atoms with Crippen molar-refractivity contribution in [2.75, 3.05) is 20.0 Å². The van der Waals surface area contributed by atoms with Gasteiger partial charge in [0.05, 0.1) is 19.9 Å². The fraction of sp³-hybridized carbons (Fsp3) is 0.250. The van der Waals surface area contributed by atoms with Crippen LogP contribution in [0, 0.1) is 5.82 Å². The number of hydrogen-bond donors (Lipinski definition) is 1. The molecule has 1 rings (SSSR count). The van der Waals surface area contributed by atoms with Gasteiger partial charge in [-0.25, -0.2) is 4.39 Å². The summed E-state index contributed by atoms with van der Waals surface area (Å²) in [6.45, 7) is 0. The molecule has 13 heavy (non-hydrogen) atoms. The minimum atomic E-state index is -0.596. The molecular formula is C8H9ClFNO2. The zero-order valence-electron chi connectivity index (χ0n) is 7.23. The predicted octanol–water partition coefficient (Wildman–Crippen LogP) is 2.08. The Morgan fingerprint density at radius 1 is 1.31 bits per heavy atom. The van der Waals surface area contributed by atoms with Crippen molar-refractivity contribution in [1.82, 2.24) is 0 Å². The Kier molecular flexibility index (Phi) is 2.83. The van der Waals surface area contributed by atoms with Gasteiger partial charge in [0, 0.05) is 6.07 Å². The average Bonchev–Trinajstić information content (AvgIpc) is 2.10. The second-order valence-corrected chi connectivity index (χ2v) is 2.71. The van der Waals surface area contributed by atoms with Crippen LogP contribution >= 0.6 is 11.6 Å². The third-order valence-corrected chi connectivity index (χ3v) is 1.96. The average molecular weight is 206 g/mol. The molecule has 0 aromatic heterocycles. The molecule has 2 N–H and O–H groups in total. The third-order valence-electron chi connectivity index (χ3n) is 1.57. The molecule has 0 unspecified atom stereocenters. The summed E-state index contributed by atoms with van der Waals surface area (Å²) < 4.78 is 22.7. The van der Waals surface area contributed by atoms with Gasteiger partial charge < -0.3 is 15.2 Å². The minimum Gasteiger partial charge on any atom is -0.491 e. The van der Waals surface area contributed by atoms with E-state index in [9.17, 15) is 4.39 Å². The van der Waals surface area contributed by atoms with Crippen molar-refractivity contribution >= 4 is 17.3 Å². The van der Waals surface area contributed by atoms with Gasteiger partial charge >= 0.3 is 0 Å². The molecular weight excluding hydrogens is 197 g/mol. The third kappa shape index (κ3) is 1.62. The van der Waals surface area contributed by atoms with E-state index in [4.69, 9.17) is 26.8 Å². The summed E-state index contributed by atoms with van der Waals surface area (Å²) in [5.41, 5.74) is 5.54. The zero-order valence-corrected chi connectivity index (χ0v) is 7.98. The Morgan fingerprint density at radius 3 is 2.31 bits per heavy atom. The van der Waals surface area contributed by atoms with Crippen molar-refractivity contribution in [3.8, 4) is 11.5 Å². The van der Waals surface area contributed by atoms with Gasteiger partial charge in [0.15, 0.2) is 17.3 Å². The fourth-order valence-corrected chi connectivity index (χ4v) is 1.19. The lowest BCUT2D eigenvalue weighted by molar-refractivity contribution is 0.338. The Labute approximate surface area is 80.2 Å². The normalized spacial score (nSPS) is 9.85. The van der Waals surface area contributed by atoms with E-state index >= 15 is 0 Å². The largest absolute Gasteiger partial charge is 0.491 e. The number of anilines is 1. The molecule has 0 aliphatic heterocycles. The molecule has 0 saturated carbocycles. The molecule has 0 spiro atoms. The minimum absolute atomic E-state index is 0.0401. The van der Waals surface area contributed by atoms with Gasteiger partial charge in [-0.2, -0.15) is 0 Å². The van der Waals surface area contributed by atoms with Crippen molar-refractivity contribution in [2.24, 2.45) is 0 Å². The first-order valence-electron chi connectivity index (χ1n) is 3.47. The highest BCUT2D eigenvalue weighted by atomic mass is 35.5. The van der Waals surface area contributed by atoms with E-state index in [-0.39, 0.29) is 22.2 Å². The number of halogens is 2. The SMILES string of the molecule is COc1c(F)cc(N)c(Cl)c1OC. The van der Waals surface area contributed by atoms with E-state index in [1.165, 1.54) is 14.2 Å². The highest BCUT2D eigenvalue weighted by Gasteiger charge is 2.16. The molecule has 0 aliphatic carbocycles. The van der Waals surface area contributed by atoms with Crippen molar-refractivity contribution in [3.63, 3.8) is 0 Å². The van der Waals surface area contributed by atoms with Crippen LogP contribution in [0.5, 0.6) is 11.5 Å². The fourth-order valence-electron chi connectivity index (χ4n) is 0.977. The molecule has 1 aromatic carbocycles. The van der Waals surface area contributed by atoms with Crippen LogP contribution in [0.15, 0.2) is 6.07 Å². The van der Waals surface area contributed by atoms with Crippen LogP contribution < -0.4 is 15.2 Å². The van der Waals surface area contributed by atoms with Gasteiger partial charge in [-0.1, -0.05) is 11.6 Å². The van der Waals surface area contributed by atoms with Crippen LogP contribution in [0.4, 0.5) is 10.1 Å². The van der Waals surface area contributed by atoms with Gasteiger partial charge in [-0.15, -0.1) is 0 Å². The van der Waals surface area contributed by atoms with Crippen molar-refractivity contribution in [3.05, 3.63) is 16.9 Å². The first-order chi connectivity index (χ1) is 6.11. The van der Waals surface area contributed by atoms with E-state index in [2.05, 4.69) is 0 Å².